The molecule has 154 valence electrons. The summed E-state index contributed by atoms with van der Waals surface area (Å²) in [6, 6.07) is 5.15. The number of piperidine rings is 1. The number of halogens is 3. The highest BCUT2D eigenvalue weighted by Gasteiger charge is 2.32. The zero-order chi connectivity index (χ0) is 20.4. The Balaban J connectivity index is 1.53. The van der Waals surface area contributed by atoms with Crippen LogP contribution in [0.1, 0.15) is 55.7 Å². The summed E-state index contributed by atoms with van der Waals surface area (Å²) in [6.45, 7) is 1.38. The molecule has 0 N–H and O–H groups in total. The van der Waals surface area contributed by atoms with Crippen molar-refractivity contribution in [3.05, 3.63) is 47.9 Å². The average Bonchev–Trinajstić information content (AvgIpc) is 3.28. The second-order valence-corrected chi connectivity index (χ2v) is 8.01. The molecule has 1 saturated heterocycles. The number of hydrogen-bond acceptors (Lipinski definition) is 3. The van der Waals surface area contributed by atoms with Crippen molar-refractivity contribution >= 4 is 5.91 Å². The lowest BCUT2D eigenvalue weighted by molar-refractivity contribution is -0.138. The summed E-state index contributed by atoms with van der Waals surface area (Å²) in [5.41, 5.74) is 0.855. The number of aromatic nitrogens is 2. The number of rotatable bonds is 3. The van der Waals surface area contributed by atoms with E-state index in [4.69, 9.17) is 0 Å². The molecule has 4 nitrogen and oxygen atoms in total. The van der Waals surface area contributed by atoms with Crippen molar-refractivity contribution in [1.29, 1.82) is 0 Å². The lowest BCUT2D eigenvalue weighted by Crippen LogP contribution is -2.42. The molecule has 1 aromatic heterocycles. The maximum absolute atomic E-state index is 13.0. The third kappa shape index (κ3) is 4.43. The topological polar surface area (TPSA) is 46.1 Å². The number of nitrogens with zero attached hydrogens (tertiary/aromatic N) is 3. The van der Waals surface area contributed by atoms with Gasteiger partial charge >= 0.3 is 6.18 Å². The van der Waals surface area contributed by atoms with E-state index in [1.165, 1.54) is 12.3 Å². The Bertz CT molecular complexity index is 878. The van der Waals surface area contributed by atoms with Gasteiger partial charge in [-0.05, 0) is 37.8 Å². The minimum Gasteiger partial charge on any atom is -0.342 e. The molecule has 0 spiro atoms. The third-order valence-electron chi connectivity index (χ3n) is 5.99. The molecular weight excluding hydrogens is 379 g/mol. The molecule has 7 heteroatoms. The first kappa shape index (κ1) is 19.9. The van der Waals surface area contributed by atoms with Crippen molar-refractivity contribution in [2.24, 2.45) is 5.92 Å². The van der Waals surface area contributed by atoms with E-state index in [-0.39, 0.29) is 17.7 Å². The molecule has 0 radical (unpaired) electrons. The monoisotopic (exact) mass is 403 g/mol. The summed E-state index contributed by atoms with van der Waals surface area (Å²) in [5.74, 6) is 0.456. The zero-order valence-corrected chi connectivity index (χ0v) is 16.2. The van der Waals surface area contributed by atoms with Gasteiger partial charge in [-0.1, -0.05) is 25.0 Å². The Labute approximate surface area is 168 Å². The number of carbonyl (C=O) groups is 1. The van der Waals surface area contributed by atoms with Gasteiger partial charge in [0.2, 0.25) is 5.91 Å². The van der Waals surface area contributed by atoms with E-state index >= 15 is 0 Å². The first-order valence-corrected chi connectivity index (χ1v) is 10.2. The molecule has 29 heavy (non-hydrogen) atoms. The smallest absolute Gasteiger partial charge is 0.342 e. The molecule has 1 aliphatic carbocycles. The molecule has 1 atom stereocenters. The fourth-order valence-corrected chi connectivity index (χ4v) is 4.42. The Morgan fingerprint density at radius 2 is 1.86 bits per heavy atom. The van der Waals surface area contributed by atoms with Crippen molar-refractivity contribution in [1.82, 2.24) is 14.9 Å². The van der Waals surface area contributed by atoms with Gasteiger partial charge in [-0.3, -0.25) is 9.78 Å². The summed E-state index contributed by atoms with van der Waals surface area (Å²) in [7, 11) is 0. The molecule has 2 heterocycles. The highest BCUT2D eigenvalue weighted by molar-refractivity contribution is 5.79. The van der Waals surface area contributed by atoms with Crippen LogP contribution in [0.15, 0.2) is 36.7 Å². The average molecular weight is 403 g/mol. The largest absolute Gasteiger partial charge is 0.416 e. The second kappa shape index (κ2) is 8.13. The van der Waals surface area contributed by atoms with E-state index in [2.05, 4.69) is 9.97 Å². The van der Waals surface area contributed by atoms with E-state index in [0.29, 0.717) is 17.8 Å². The van der Waals surface area contributed by atoms with E-state index < -0.39 is 11.7 Å². The maximum Gasteiger partial charge on any atom is 0.416 e. The van der Waals surface area contributed by atoms with E-state index in [1.807, 2.05) is 4.90 Å². The van der Waals surface area contributed by atoms with Crippen LogP contribution < -0.4 is 0 Å². The van der Waals surface area contributed by atoms with Gasteiger partial charge in [0.05, 0.1) is 23.1 Å². The summed E-state index contributed by atoms with van der Waals surface area (Å²) in [6.07, 6.45) is 4.76. The number of hydrogen-bond donors (Lipinski definition) is 0. The SMILES string of the molecule is O=C(C1CCCC1)N1CCC[C@H](c2cncc(-c3cccc(C(F)(F)F)c3)n2)C1. The van der Waals surface area contributed by atoms with Gasteiger partial charge in [0.1, 0.15) is 0 Å². The van der Waals surface area contributed by atoms with Crippen LogP contribution in [0.25, 0.3) is 11.3 Å². The number of amides is 1. The van der Waals surface area contributed by atoms with Gasteiger partial charge in [-0.15, -0.1) is 0 Å². The molecule has 4 rings (SSSR count). The summed E-state index contributed by atoms with van der Waals surface area (Å²) in [5, 5.41) is 0. The molecule has 2 aliphatic rings. The molecule has 0 unspecified atom stereocenters. The standard InChI is InChI=1S/C22H24F3N3O/c23-22(24,25)18-9-3-7-16(11-18)19-12-26-13-20(27-19)17-8-4-10-28(14-17)21(29)15-5-1-2-6-15/h3,7,9,11-13,15,17H,1-2,4-6,8,10,14H2/t17-/m0/s1. The van der Waals surface area contributed by atoms with E-state index in [0.717, 1.165) is 62.9 Å². The lowest BCUT2D eigenvalue weighted by Gasteiger charge is -2.34. The lowest BCUT2D eigenvalue weighted by atomic mass is 9.93. The molecule has 1 amide bonds. The van der Waals surface area contributed by atoms with Gasteiger partial charge in [-0.25, -0.2) is 4.98 Å². The van der Waals surface area contributed by atoms with Crippen LogP contribution in [-0.2, 0) is 11.0 Å². The van der Waals surface area contributed by atoms with Gasteiger partial charge in [-0.2, -0.15) is 13.2 Å². The number of benzene rings is 1. The predicted molar refractivity (Wildman–Crippen MR) is 103 cm³/mol. The van der Waals surface area contributed by atoms with Crippen LogP contribution >= 0.6 is 0 Å². The molecule has 1 aliphatic heterocycles. The minimum absolute atomic E-state index is 0.0624. The molecular formula is C22H24F3N3O. The first-order valence-electron chi connectivity index (χ1n) is 10.2. The Morgan fingerprint density at radius 1 is 1.07 bits per heavy atom. The van der Waals surface area contributed by atoms with Crippen LogP contribution in [0.2, 0.25) is 0 Å². The van der Waals surface area contributed by atoms with Crippen LogP contribution in [0, 0.1) is 5.92 Å². The predicted octanol–water partition coefficient (Wildman–Crippen LogP) is 5.06. The summed E-state index contributed by atoms with van der Waals surface area (Å²) in [4.78, 5) is 23.6. The highest BCUT2D eigenvalue weighted by atomic mass is 19.4. The first-order chi connectivity index (χ1) is 13.9. The van der Waals surface area contributed by atoms with E-state index in [9.17, 15) is 18.0 Å². The molecule has 2 fully saturated rings. The Hall–Kier alpha value is -2.44. The third-order valence-corrected chi connectivity index (χ3v) is 5.99. The maximum atomic E-state index is 13.0. The van der Waals surface area contributed by atoms with Crippen molar-refractivity contribution in [3.63, 3.8) is 0 Å². The van der Waals surface area contributed by atoms with Gasteiger partial charge in [0.15, 0.2) is 0 Å². The Morgan fingerprint density at radius 3 is 2.62 bits per heavy atom. The van der Waals surface area contributed by atoms with Crippen molar-refractivity contribution in [2.45, 2.75) is 50.6 Å². The van der Waals surface area contributed by atoms with Gasteiger partial charge < -0.3 is 4.90 Å². The molecule has 0 bridgehead atoms. The van der Waals surface area contributed by atoms with Crippen LogP contribution in [0.5, 0.6) is 0 Å². The number of alkyl halides is 3. The van der Waals surface area contributed by atoms with Gasteiger partial charge in [0.25, 0.3) is 0 Å². The zero-order valence-electron chi connectivity index (χ0n) is 16.2. The van der Waals surface area contributed by atoms with Crippen LogP contribution in [0.4, 0.5) is 13.2 Å². The Kier molecular flexibility index (Phi) is 5.56. The van der Waals surface area contributed by atoms with Crippen LogP contribution in [0.3, 0.4) is 0 Å². The molecule has 1 saturated carbocycles. The highest BCUT2D eigenvalue weighted by Crippen LogP contribution is 2.33. The van der Waals surface area contributed by atoms with Crippen LogP contribution in [-0.4, -0.2) is 33.9 Å². The molecule has 1 aromatic carbocycles. The van der Waals surface area contributed by atoms with Crippen molar-refractivity contribution < 1.29 is 18.0 Å². The molecule has 2 aromatic rings. The quantitative estimate of drug-likeness (QED) is 0.720. The number of likely N-dealkylation sites (tertiary alicyclic amines) is 1. The normalized spacial score (nSPS) is 20.8. The van der Waals surface area contributed by atoms with Crippen molar-refractivity contribution in [3.8, 4) is 11.3 Å². The van der Waals surface area contributed by atoms with Gasteiger partial charge in [0, 0.05) is 36.7 Å². The summed E-state index contributed by atoms with van der Waals surface area (Å²) < 4.78 is 39.1. The fraction of sp³-hybridized carbons (Fsp3) is 0.500. The van der Waals surface area contributed by atoms with Crippen molar-refractivity contribution in [2.75, 3.05) is 13.1 Å². The fourth-order valence-electron chi connectivity index (χ4n) is 4.42. The minimum atomic E-state index is -4.40. The summed E-state index contributed by atoms with van der Waals surface area (Å²) >= 11 is 0. The number of carbonyl (C=O) groups excluding carboxylic acids is 1. The second-order valence-electron chi connectivity index (χ2n) is 8.01. The van der Waals surface area contributed by atoms with E-state index in [1.54, 1.807) is 12.3 Å².